The Morgan fingerprint density at radius 2 is 2.08 bits per heavy atom. The molecule has 0 aliphatic carbocycles. The number of fused-ring (bicyclic) bond motifs is 1. The van der Waals surface area contributed by atoms with E-state index >= 15 is 0 Å². The van der Waals surface area contributed by atoms with Crippen molar-refractivity contribution >= 4 is 17.5 Å². The van der Waals surface area contributed by atoms with Gasteiger partial charge in [0.1, 0.15) is 22.8 Å². The summed E-state index contributed by atoms with van der Waals surface area (Å²) in [4.78, 5) is 12.4. The van der Waals surface area contributed by atoms with Gasteiger partial charge in [-0.25, -0.2) is 0 Å². The lowest BCUT2D eigenvalue weighted by atomic mass is 9.89. The van der Waals surface area contributed by atoms with Crippen LogP contribution in [0.3, 0.4) is 0 Å². The molecule has 2 aromatic rings. The summed E-state index contributed by atoms with van der Waals surface area (Å²) in [5.74, 6) is 1.80. The highest BCUT2D eigenvalue weighted by Crippen LogP contribution is 2.41. The van der Waals surface area contributed by atoms with Crippen molar-refractivity contribution < 1.29 is 19.0 Å². The maximum atomic E-state index is 12.4. The zero-order valence-corrected chi connectivity index (χ0v) is 15.8. The van der Waals surface area contributed by atoms with Crippen molar-refractivity contribution in [3.63, 3.8) is 0 Å². The van der Waals surface area contributed by atoms with Gasteiger partial charge < -0.3 is 19.5 Å². The minimum atomic E-state index is -0.398. The Morgan fingerprint density at radius 1 is 1.27 bits per heavy atom. The van der Waals surface area contributed by atoms with E-state index in [0.29, 0.717) is 17.2 Å². The number of hydrogen-bond acceptors (Lipinski definition) is 4. The molecule has 0 saturated heterocycles. The lowest BCUT2D eigenvalue weighted by Gasteiger charge is -2.38. The van der Waals surface area contributed by atoms with Gasteiger partial charge in [-0.15, -0.1) is 0 Å². The van der Waals surface area contributed by atoms with Crippen LogP contribution in [-0.2, 0) is 4.79 Å². The van der Waals surface area contributed by atoms with Crippen molar-refractivity contribution in [1.82, 2.24) is 5.32 Å². The summed E-state index contributed by atoms with van der Waals surface area (Å²) in [5, 5.41) is 3.60. The second-order valence-corrected chi connectivity index (χ2v) is 7.27. The lowest BCUT2D eigenvalue weighted by molar-refractivity contribution is -0.124. The van der Waals surface area contributed by atoms with Crippen LogP contribution in [0.2, 0.25) is 5.02 Å². The van der Waals surface area contributed by atoms with Crippen LogP contribution in [0.1, 0.15) is 31.9 Å². The van der Waals surface area contributed by atoms with Crippen LogP contribution in [0.25, 0.3) is 0 Å². The molecule has 1 unspecified atom stereocenters. The van der Waals surface area contributed by atoms with Crippen LogP contribution in [0.4, 0.5) is 0 Å². The number of carbonyl (C=O) groups excluding carboxylic acids is 1. The predicted octanol–water partition coefficient (Wildman–Crippen LogP) is 4.15. The van der Waals surface area contributed by atoms with Gasteiger partial charge in [-0.05, 0) is 44.2 Å². The summed E-state index contributed by atoms with van der Waals surface area (Å²) in [5.41, 5.74) is 0.534. The predicted molar refractivity (Wildman–Crippen MR) is 100 cm³/mol. The number of benzene rings is 2. The molecule has 5 nitrogen and oxygen atoms in total. The highest BCUT2D eigenvalue weighted by atomic mass is 35.5. The number of hydrogen-bond donors (Lipinski definition) is 1. The average molecular weight is 376 g/mol. The Balaban J connectivity index is 1.69. The number of methoxy groups -OCH3 is 1. The summed E-state index contributed by atoms with van der Waals surface area (Å²) in [6, 6.07) is 12.4. The molecule has 1 amide bonds. The van der Waals surface area contributed by atoms with Gasteiger partial charge in [-0.1, -0.05) is 17.7 Å². The van der Waals surface area contributed by atoms with E-state index < -0.39 is 5.60 Å². The molecule has 138 valence electrons. The van der Waals surface area contributed by atoms with Crippen molar-refractivity contribution in [3.8, 4) is 17.2 Å². The number of carbonyl (C=O) groups is 1. The molecule has 26 heavy (non-hydrogen) atoms. The second-order valence-electron chi connectivity index (χ2n) is 6.84. The maximum absolute atomic E-state index is 12.4. The molecule has 6 heteroatoms. The molecule has 1 atom stereocenters. The van der Waals surface area contributed by atoms with Crippen molar-refractivity contribution in [2.24, 2.45) is 0 Å². The van der Waals surface area contributed by atoms with Crippen molar-refractivity contribution in [3.05, 3.63) is 53.1 Å². The average Bonchev–Trinajstić information content (AvgIpc) is 2.58. The molecule has 0 aromatic heterocycles. The monoisotopic (exact) mass is 375 g/mol. The number of ether oxygens (including phenoxy) is 3. The Morgan fingerprint density at radius 3 is 2.81 bits per heavy atom. The van der Waals surface area contributed by atoms with Gasteiger partial charge in [0.15, 0.2) is 6.61 Å². The summed E-state index contributed by atoms with van der Waals surface area (Å²) in [6.45, 7) is 3.91. The van der Waals surface area contributed by atoms with Crippen molar-refractivity contribution in [2.45, 2.75) is 31.9 Å². The Labute approximate surface area is 158 Å². The molecule has 0 bridgehead atoms. The first kappa shape index (κ1) is 18.4. The largest absolute Gasteiger partial charge is 0.497 e. The standard InChI is InChI=1S/C20H22ClNO4/c1-20(2)11-17(16-8-7-14(24-3)10-18(16)26-20)22-19(23)12-25-15-6-4-5-13(21)9-15/h4-10,17H,11-12H2,1-3H3,(H,22,23). The van der Waals surface area contributed by atoms with Gasteiger partial charge in [0.25, 0.3) is 5.91 Å². The molecule has 1 aliphatic rings. The third kappa shape index (κ3) is 4.41. The van der Waals surface area contributed by atoms with Crippen LogP contribution in [-0.4, -0.2) is 25.2 Å². The highest BCUT2D eigenvalue weighted by molar-refractivity contribution is 6.30. The number of amides is 1. The fourth-order valence-electron chi connectivity index (χ4n) is 3.03. The van der Waals surface area contributed by atoms with Gasteiger partial charge in [0, 0.05) is 23.1 Å². The van der Waals surface area contributed by atoms with Crippen LogP contribution >= 0.6 is 11.6 Å². The van der Waals surface area contributed by atoms with E-state index in [4.69, 9.17) is 25.8 Å². The first-order chi connectivity index (χ1) is 12.4. The molecule has 2 aromatic carbocycles. The van der Waals surface area contributed by atoms with Crippen LogP contribution in [0.5, 0.6) is 17.2 Å². The lowest BCUT2D eigenvalue weighted by Crippen LogP contribution is -2.42. The van der Waals surface area contributed by atoms with Crippen LogP contribution in [0, 0.1) is 0 Å². The quantitative estimate of drug-likeness (QED) is 0.853. The molecule has 0 radical (unpaired) electrons. The summed E-state index contributed by atoms with van der Waals surface area (Å²) in [6.07, 6.45) is 0.662. The zero-order valence-electron chi connectivity index (χ0n) is 15.0. The fraction of sp³-hybridized carbons (Fsp3) is 0.350. The van der Waals surface area contributed by atoms with E-state index in [-0.39, 0.29) is 18.6 Å². The topological polar surface area (TPSA) is 56.8 Å². The fourth-order valence-corrected chi connectivity index (χ4v) is 3.21. The molecule has 1 heterocycles. The molecule has 1 aliphatic heterocycles. The molecule has 0 saturated carbocycles. The molecule has 0 spiro atoms. The number of nitrogens with one attached hydrogen (secondary N) is 1. The second kappa shape index (κ2) is 7.46. The first-order valence-corrected chi connectivity index (χ1v) is 8.79. The third-order valence-electron chi connectivity index (χ3n) is 4.18. The third-order valence-corrected chi connectivity index (χ3v) is 4.41. The van der Waals surface area contributed by atoms with Gasteiger partial charge in [-0.2, -0.15) is 0 Å². The Hall–Kier alpha value is -2.40. The van der Waals surface area contributed by atoms with Crippen LogP contribution < -0.4 is 19.5 Å². The highest BCUT2D eigenvalue weighted by Gasteiger charge is 2.34. The van der Waals surface area contributed by atoms with Gasteiger partial charge in [0.2, 0.25) is 0 Å². The molecular weight excluding hydrogens is 354 g/mol. The van der Waals surface area contributed by atoms with E-state index in [1.807, 2.05) is 32.0 Å². The Bertz CT molecular complexity index is 806. The number of halogens is 1. The molecule has 1 N–H and O–H groups in total. The normalized spacial score (nSPS) is 17.6. The van der Waals surface area contributed by atoms with Gasteiger partial charge >= 0.3 is 0 Å². The molecule has 0 fully saturated rings. The van der Waals surface area contributed by atoms with E-state index in [1.54, 1.807) is 31.4 Å². The van der Waals surface area contributed by atoms with E-state index in [0.717, 1.165) is 17.1 Å². The molecular formula is C20H22ClNO4. The maximum Gasteiger partial charge on any atom is 0.258 e. The molecule has 3 rings (SSSR count). The smallest absolute Gasteiger partial charge is 0.258 e. The van der Waals surface area contributed by atoms with Gasteiger partial charge in [0.05, 0.1) is 13.2 Å². The van der Waals surface area contributed by atoms with E-state index in [2.05, 4.69) is 5.32 Å². The summed E-state index contributed by atoms with van der Waals surface area (Å²) >= 11 is 5.92. The van der Waals surface area contributed by atoms with E-state index in [1.165, 1.54) is 0 Å². The minimum absolute atomic E-state index is 0.0797. The summed E-state index contributed by atoms with van der Waals surface area (Å²) < 4.78 is 16.8. The Kier molecular flexibility index (Phi) is 5.28. The number of rotatable bonds is 5. The minimum Gasteiger partial charge on any atom is -0.497 e. The van der Waals surface area contributed by atoms with Crippen molar-refractivity contribution in [1.29, 1.82) is 0 Å². The van der Waals surface area contributed by atoms with Crippen LogP contribution in [0.15, 0.2) is 42.5 Å². The van der Waals surface area contributed by atoms with Gasteiger partial charge in [-0.3, -0.25) is 4.79 Å². The summed E-state index contributed by atoms with van der Waals surface area (Å²) in [7, 11) is 1.61. The van der Waals surface area contributed by atoms with Crippen molar-refractivity contribution in [2.75, 3.05) is 13.7 Å². The first-order valence-electron chi connectivity index (χ1n) is 8.41. The zero-order chi connectivity index (χ0) is 18.7. The SMILES string of the molecule is COc1ccc2c(c1)OC(C)(C)CC2NC(=O)COc1cccc(Cl)c1. The van der Waals surface area contributed by atoms with E-state index in [9.17, 15) is 4.79 Å².